The van der Waals surface area contributed by atoms with Crippen LogP contribution in [0.1, 0.15) is 21.5 Å². The van der Waals surface area contributed by atoms with Crippen molar-refractivity contribution in [3.05, 3.63) is 51.8 Å². The molecule has 0 unspecified atom stereocenters. The van der Waals surface area contributed by atoms with Crippen molar-refractivity contribution < 1.29 is 9.90 Å². The maximum absolute atomic E-state index is 12.1. The molecule has 2 aromatic rings. The van der Waals surface area contributed by atoms with Crippen molar-refractivity contribution >= 4 is 27.5 Å². The van der Waals surface area contributed by atoms with Crippen molar-refractivity contribution in [2.75, 3.05) is 5.32 Å². The van der Waals surface area contributed by atoms with Gasteiger partial charge in [-0.1, -0.05) is 15.9 Å². The van der Waals surface area contributed by atoms with E-state index in [4.69, 9.17) is 0 Å². The summed E-state index contributed by atoms with van der Waals surface area (Å²) in [6.45, 7) is 3.83. The quantitative estimate of drug-likeness (QED) is 0.891. The van der Waals surface area contributed by atoms with Crippen LogP contribution in [0, 0.1) is 13.8 Å². The van der Waals surface area contributed by atoms with Crippen LogP contribution in [0.4, 0.5) is 5.69 Å². The molecule has 19 heavy (non-hydrogen) atoms. The first-order chi connectivity index (χ1) is 8.99. The zero-order valence-corrected chi connectivity index (χ0v) is 12.2. The van der Waals surface area contributed by atoms with E-state index < -0.39 is 0 Å². The van der Waals surface area contributed by atoms with Gasteiger partial charge in [-0.15, -0.1) is 0 Å². The highest BCUT2D eigenvalue weighted by Crippen LogP contribution is 2.26. The molecule has 1 heterocycles. The van der Waals surface area contributed by atoms with Gasteiger partial charge in [-0.3, -0.25) is 9.78 Å². The number of aromatic hydroxyl groups is 1. The summed E-state index contributed by atoms with van der Waals surface area (Å²) in [5.74, 6) is -0.485. The SMILES string of the molecule is Cc1cc(Br)cc(C)c1NC(=O)c1ccncc1O. The highest BCUT2D eigenvalue weighted by molar-refractivity contribution is 9.10. The standard InChI is InChI=1S/C14H13BrN2O2/c1-8-5-10(15)6-9(2)13(8)17-14(19)11-3-4-16-7-12(11)18/h3-7,18H,1-2H3,(H,17,19). The second-order valence-electron chi connectivity index (χ2n) is 4.26. The van der Waals surface area contributed by atoms with Crippen LogP contribution in [0.3, 0.4) is 0 Å². The van der Waals surface area contributed by atoms with Crippen molar-refractivity contribution in [1.29, 1.82) is 0 Å². The first-order valence-corrected chi connectivity index (χ1v) is 6.49. The largest absolute Gasteiger partial charge is 0.505 e. The summed E-state index contributed by atoms with van der Waals surface area (Å²) < 4.78 is 0.965. The fourth-order valence-corrected chi connectivity index (χ4v) is 2.55. The zero-order chi connectivity index (χ0) is 14.0. The minimum Gasteiger partial charge on any atom is -0.505 e. The van der Waals surface area contributed by atoms with E-state index in [1.165, 1.54) is 18.5 Å². The highest BCUT2D eigenvalue weighted by Gasteiger charge is 2.13. The van der Waals surface area contributed by atoms with Gasteiger partial charge in [0, 0.05) is 16.4 Å². The Labute approximate surface area is 119 Å². The van der Waals surface area contributed by atoms with Gasteiger partial charge >= 0.3 is 0 Å². The molecule has 1 aromatic carbocycles. The number of benzene rings is 1. The van der Waals surface area contributed by atoms with Gasteiger partial charge < -0.3 is 10.4 Å². The van der Waals surface area contributed by atoms with Crippen molar-refractivity contribution in [1.82, 2.24) is 4.98 Å². The van der Waals surface area contributed by atoms with E-state index in [2.05, 4.69) is 26.2 Å². The molecule has 0 saturated carbocycles. The first-order valence-electron chi connectivity index (χ1n) is 5.70. The van der Waals surface area contributed by atoms with Gasteiger partial charge in [0.25, 0.3) is 5.91 Å². The number of anilines is 1. The van der Waals surface area contributed by atoms with Crippen molar-refractivity contribution in [2.24, 2.45) is 0 Å². The number of hydrogen-bond donors (Lipinski definition) is 2. The Hall–Kier alpha value is -1.88. The number of pyridine rings is 1. The smallest absolute Gasteiger partial charge is 0.259 e. The predicted molar refractivity (Wildman–Crippen MR) is 77.5 cm³/mol. The Morgan fingerprint density at radius 2 is 1.95 bits per heavy atom. The van der Waals surface area contributed by atoms with E-state index >= 15 is 0 Å². The van der Waals surface area contributed by atoms with E-state index in [0.717, 1.165) is 21.3 Å². The number of aromatic nitrogens is 1. The number of carbonyl (C=O) groups excluding carboxylic acids is 1. The fraction of sp³-hybridized carbons (Fsp3) is 0.143. The minimum atomic E-state index is -0.353. The van der Waals surface area contributed by atoms with Gasteiger partial charge in [-0.2, -0.15) is 0 Å². The minimum absolute atomic E-state index is 0.132. The molecule has 0 bridgehead atoms. The average Bonchev–Trinajstić information content (AvgIpc) is 2.34. The molecule has 0 aliphatic heterocycles. The second kappa shape index (κ2) is 5.40. The van der Waals surface area contributed by atoms with Crippen LogP contribution in [0.2, 0.25) is 0 Å². The molecule has 0 aliphatic rings. The number of rotatable bonds is 2. The molecule has 1 amide bonds. The predicted octanol–water partition coefficient (Wildman–Crippen LogP) is 3.42. The summed E-state index contributed by atoms with van der Waals surface area (Å²) >= 11 is 3.41. The summed E-state index contributed by atoms with van der Waals surface area (Å²) in [7, 11) is 0. The average molecular weight is 321 g/mol. The summed E-state index contributed by atoms with van der Waals surface area (Å²) in [5.41, 5.74) is 2.86. The van der Waals surface area contributed by atoms with Crippen LogP contribution in [0.5, 0.6) is 5.75 Å². The molecule has 2 rings (SSSR count). The first kappa shape index (κ1) is 13.5. The number of nitrogens with one attached hydrogen (secondary N) is 1. The molecule has 0 radical (unpaired) electrons. The lowest BCUT2D eigenvalue weighted by Gasteiger charge is -2.12. The molecule has 98 valence electrons. The fourth-order valence-electron chi connectivity index (χ4n) is 1.87. The van der Waals surface area contributed by atoms with Gasteiger partial charge in [0.05, 0.1) is 11.8 Å². The lowest BCUT2D eigenvalue weighted by atomic mass is 10.1. The monoisotopic (exact) mass is 320 g/mol. The maximum Gasteiger partial charge on any atom is 0.259 e. The zero-order valence-electron chi connectivity index (χ0n) is 10.6. The number of amides is 1. The van der Waals surface area contributed by atoms with Crippen LogP contribution >= 0.6 is 15.9 Å². The van der Waals surface area contributed by atoms with Crippen LogP contribution in [0.15, 0.2) is 35.1 Å². The Morgan fingerprint density at radius 3 is 2.53 bits per heavy atom. The molecular weight excluding hydrogens is 308 g/mol. The molecule has 0 spiro atoms. The molecule has 0 aliphatic carbocycles. The third kappa shape index (κ3) is 2.93. The summed E-state index contributed by atoms with van der Waals surface area (Å²) in [4.78, 5) is 15.9. The molecule has 0 atom stereocenters. The third-order valence-corrected chi connectivity index (χ3v) is 3.24. The Balaban J connectivity index is 2.32. The van der Waals surface area contributed by atoms with Crippen LogP contribution in [-0.4, -0.2) is 16.0 Å². The van der Waals surface area contributed by atoms with Crippen molar-refractivity contribution in [2.45, 2.75) is 13.8 Å². The molecule has 5 heteroatoms. The van der Waals surface area contributed by atoms with Crippen LogP contribution < -0.4 is 5.32 Å². The van der Waals surface area contributed by atoms with Crippen LogP contribution in [0.25, 0.3) is 0 Å². The number of halogens is 1. The van der Waals surface area contributed by atoms with Gasteiger partial charge in [0.15, 0.2) is 0 Å². The molecule has 0 fully saturated rings. The molecule has 1 aromatic heterocycles. The van der Waals surface area contributed by atoms with E-state index in [0.29, 0.717) is 0 Å². The normalized spacial score (nSPS) is 10.3. The molecule has 0 saturated heterocycles. The summed E-state index contributed by atoms with van der Waals surface area (Å²) in [6, 6.07) is 5.33. The maximum atomic E-state index is 12.1. The lowest BCUT2D eigenvalue weighted by molar-refractivity contribution is 0.102. The number of hydrogen-bond acceptors (Lipinski definition) is 3. The second-order valence-corrected chi connectivity index (χ2v) is 5.18. The van der Waals surface area contributed by atoms with Gasteiger partial charge in [0.1, 0.15) is 5.75 Å². The number of nitrogens with zero attached hydrogens (tertiary/aromatic N) is 1. The molecular formula is C14H13BrN2O2. The van der Waals surface area contributed by atoms with Crippen molar-refractivity contribution in [3.8, 4) is 5.75 Å². The summed E-state index contributed by atoms with van der Waals surface area (Å²) in [6.07, 6.45) is 2.71. The summed E-state index contributed by atoms with van der Waals surface area (Å²) in [5, 5.41) is 12.4. The van der Waals surface area contributed by atoms with Gasteiger partial charge in [0.2, 0.25) is 0 Å². The van der Waals surface area contributed by atoms with E-state index in [1.807, 2.05) is 26.0 Å². The highest BCUT2D eigenvalue weighted by atomic mass is 79.9. The Morgan fingerprint density at radius 1 is 1.32 bits per heavy atom. The van der Waals surface area contributed by atoms with Gasteiger partial charge in [-0.25, -0.2) is 0 Å². The van der Waals surface area contributed by atoms with Crippen LogP contribution in [-0.2, 0) is 0 Å². The number of aryl methyl sites for hydroxylation is 2. The third-order valence-electron chi connectivity index (χ3n) is 2.78. The van der Waals surface area contributed by atoms with E-state index in [-0.39, 0.29) is 17.2 Å². The molecule has 2 N–H and O–H groups in total. The van der Waals surface area contributed by atoms with Crippen molar-refractivity contribution in [3.63, 3.8) is 0 Å². The topological polar surface area (TPSA) is 62.2 Å². The van der Waals surface area contributed by atoms with E-state index in [9.17, 15) is 9.90 Å². The van der Waals surface area contributed by atoms with Gasteiger partial charge in [-0.05, 0) is 43.2 Å². The Bertz CT molecular complexity index is 618. The lowest BCUT2D eigenvalue weighted by Crippen LogP contribution is -2.14. The Kier molecular flexibility index (Phi) is 3.85. The number of carbonyl (C=O) groups is 1. The van der Waals surface area contributed by atoms with E-state index in [1.54, 1.807) is 0 Å². The molecule has 4 nitrogen and oxygen atoms in total.